The molecule has 0 radical (unpaired) electrons. The summed E-state index contributed by atoms with van der Waals surface area (Å²) in [5, 5.41) is 4.04. The van der Waals surface area contributed by atoms with E-state index in [0.29, 0.717) is 34.8 Å². The van der Waals surface area contributed by atoms with Crippen LogP contribution in [0.3, 0.4) is 0 Å². The summed E-state index contributed by atoms with van der Waals surface area (Å²) in [5.74, 6) is 0.518. The summed E-state index contributed by atoms with van der Waals surface area (Å²) in [7, 11) is 0. The van der Waals surface area contributed by atoms with Crippen molar-refractivity contribution in [1.82, 2.24) is 19.5 Å². The summed E-state index contributed by atoms with van der Waals surface area (Å²) >= 11 is 0. The normalized spacial score (nSPS) is 16.5. The third-order valence-corrected chi connectivity index (χ3v) is 3.77. The number of imidazole rings is 1. The lowest BCUT2D eigenvalue weighted by Crippen LogP contribution is -2.20. The molecule has 0 bridgehead atoms. The predicted molar refractivity (Wildman–Crippen MR) is 88.8 cm³/mol. The second-order valence-corrected chi connectivity index (χ2v) is 5.45. The first-order valence-corrected chi connectivity index (χ1v) is 7.61. The molecule has 25 heavy (non-hydrogen) atoms. The molecule has 1 atom stereocenters. The number of carbonyl (C=O) groups is 1. The zero-order chi connectivity index (χ0) is 17.2. The molecule has 0 saturated carbocycles. The third kappa shape index (κ3) is 2.87. The van der Waals surface area contributed by atoms with E-state index in [1.54, 1.807) is 35.2 Å². The minimum atomic E-state index is -0.397. The Bertz CT molecular complexity index is 953. The Morgan fingerprint density at radius 2 is 2.12 bits per heavy atom. The van der Waals surface area contributed by atoms with Gasteiger partial charge in [-0.05, 0) is 12.1 Å². The number of rotatable bonds is 3. The van der Waals surface area contributed by atoms with Gasteiger partial charge in [0.15, 0.2) is 28.9 Å². The summed E-state index contributed by atoms with van der Waals surface area (Å²) in [6.07, 6.45) is 3.03. The molecule has 0 aliphatic carbocycles. The topological polar surface area (TPSA) is 118 Å². The number of nitrogen functional groups attached to an aromatic ring is 1. The Labute approximate surface area is 142 Å². The van der Waals surface area contributed by atoms with E-state index in [9.17, 15) is 4.79 Å². The lowest BCUT2D eigenvalue weighted by atomic mass is 10.2. The van der Waals surface area contributed by atoms with E-state index in [2.05, 4.69) is 20.1 Å². The molecule has 2 aromatic heterocycles. The lowest BCUT2D eigenvalue weighted by Gasteiger charge is -2.09. The van der Waals surface area contributed by atoms with Crippen molar-refractivity contribution < 1.29 is 14.4 Å². The first-order valence-electron chi connectivity index (χ1n) is 7.61. The van der Waals surface area contributed by atoms with Gasteiger partial charge in [-0.15, -0.1) is 0 Å². The van der Waals surface area contributed by atoms with E-state index in [1.807, 2.05) is 6.07 Å². The Balaban J connectivity index is 1.41. The molecule has 3 heterocycles. The van der Waals surface area contributed by atoms with Gasteiger partial charge in [0, 0.05) is 0 Å². The van der Waals surface area contributed by atoms with Crippen molar-refractivity contribution in [3.8, 4) is 0 Å². The fourth-order valence-corrected chi connectivity index (χ4v) is 2.51. The van der Waals surface area contributed by atoms with Crippen LogP contribution in [0.4, 0.5) is 5.82 Å². The highest BCUT2D eigenvalue weighted by molar-refractivity contribution is 5.94. The van der Waals surface area contributed by atoms with Gasteiger partial charge >= 0.3 is 5.97 Å². The minimum absolute atomic E-state index is 0.102. The number of anilines is 1. The number of benzene rings is 1. The minimum Gasteiger partial charge on any atom is -0.458 e. The molecule has 126 valence electrons. The summed E-state index contributed by atoms with van der Waals surface area (Å²) in [5.41, 5.74) is 7.33. The van der Waals surface area contributed by atoms with E-state index < -0.39 is 5.97 Å². The monoisotopic (exact) mass is 338 g/mol. The third-order valence-electron chi connectivity index (χ3n) is 3.77. The summed E-state index contributed by atoms with van der Waals surface area (Å²) in [6.45, 7) is 0.102. The van der Waals surface area contributed by atoms with Crippen molar-refractivity contribution in [3.63, 3.8) is 0 Å². The van der Waals surface area contributed by atoms with Crippen LogP contribution in [0.5, 0.6) is 0 Å². The number of ether oxygens (including phenoxy) is 1. The molecule has 0 spiro atoms. The molecule has 0 amide bonds. The highest BCUT2D eigenvalue weighted by Gasteiger charge is 2.25. The zero-order valence-electron chi connectivity index (χ0n) is 13.1. The number of oxime groups is 1. The van der Waals surface area contributed by atoms with Crippen LogP contribution in [-0.2, 0) is 9.57 Å². The molecule has 4 rings (SSSR count). The Morgan fingerprint density at radius 1 is 1.28 bits per heavy atom. The van der Waals surface area contributed by atoms with Crippen LogP contribution in [0.1, 0.15) is 16.8 Å². The first kappa shape index (κ1) is 15.1. The second-order valence-electron chi connectivity index (χ2n) is 5.45. The van der Waals surface area contributed by atoms with E-state index in [1.165, 1.54) is 6.33 Å². The van der Waals surface area contributed by atoms with Crippen LogP contribution < -0.4 is 5.73 Å². The number of esters is 1. The van der Waals surface area contributed by atoms with Crippen molar-refractivity contribution in [3.05, 3.63) is 48.5 Å². The fourth-order valence-electron chi connectivity index (χ4n) is 2.51. The number of nitrogens with two attached hydrogens (primary N) is 1. The molecular weight excluding hydrogens is 324 g/mol. The van der Waals surface area contributed by atoms with E-state index in [4.69, 9.17) is 15.3 Å². The molecular formula is C16H14N6O3. The highest BCUT2D eigenvalue weighted by atomic mass is 16.7. The van der Waals surface area contributed by atoms with Crippen LogP contribution in [0.2, 0.25) is 0 Å². The van der Waals surface area contributed by atoms with Gasteiger partial charge in [-0.2, -0.15) is 0 Å². The number of hydrogen-bond acceptors (Lipinski definition) is 8. The van der Waals surface area contributed by atoms with Crippen LogP contribution >= 0.6 is 0 Å². The van der Waals surface area contributed by atoms with Gasteiger partial charge in [-0.25, -0.2) is 19.7 Å². The average Bonchev–Trinajstić information content (AvgIpc) is 3.27. The summed E-state index contributed by atoms with van der Waals surface area (Å²) < 4.78 is 6.96. The number of carbonyl (C=O) groups excluding carboxylic acids is 1. The number of hydrogen-bond donors (Lipinski definition) is 1. The first-order chi connectivity index (χ1) is 12.2. The average molecular weight is 338 g/mol. The van der Waals surface area contributed by atoms with E-state index in [0.717, 1.165) is 0 Å². The fraction of sp³-hybridized carbons (Fsp3) is 0.188. The molecule has 1 unspecified atom stereocenters. The Kier molecular flexibility index (Phi) is 3.73. The molecule has 3 aromatic rings. The largest absolute Gasteiger partial charge is 0.458 e. The maximum Gasteiger partial charge on any atom is 0.338 e. The molecule has 0 fully saturated rings. The number of aromatic nitrogens is 4. The van der Waals surface area contributed by atoms with Gasteiger partial charge in [0.1, 0.15) is 19.3 Å². The maximum absolute atomic E-state index is 12.0. The van der Waals surface area contributed by atoms with Crippen molar-refractivity contribution in [1.29, 1.82) is 0 Å². The van der Waals surface area contributed by atoms with Gasteiger partial charge in [-0.1, -0.05) is 23.4 Å². The summed E-state index contributed by atoms with van der Waals surface area (Å²) in [6, 6.07) is 8.79. The van der Waals surface area contributed by atoms with Crippen molar-refractivity contribution in [2.45, 2.75) is 12.5 Å². The van der Waals surface area contributed by atoms with E-state index >= 15 is 0 Å². The maximum atomic E-state index is 12.0. The highest BCUT2D eigenvalue weighted by Crippen LogP contribution is 2.19. The van der Waals surface area contributed by atoms with Crippen molar-refractivity contribution >= 4 is 28.8 Å². The van der Waals surface area contributed by atoms with Gasteiger partial charge in [0.05, 0.1) is 12.0 Å². The SMILES string of the molecule is Nc1ncnc2c1ncn2C1=NOC(COC(=O)c2ccccc2)C1. The van der Waals surface area contributed by atoms with Crippen molar-refractivity contribution in [2.75, 3.05) is 12.3 Å². The zero-order valence-corrected chi connectivity index (χ0v) is 13.1. The summed E-state index contributed by atoms with van der Waals surface area (Å²) in [4.78, 5) is 29.6. The van der Waals surface area contributed by atoms with Crippen LogP contribution in [0.15, 0.2) is 48.1 Å². The predicted octanol–water partition coefficient (Wildman–Crippen LogP) is 1.22. The molecule has 1 aliphatic heterocycles. The van der Waals surface area contributed by atoms with Gasteiger partial charge in [-0.3, -0.25) is 4.57 Å². The Morgan fingerprint density at radius 3 is 2.96 bits per heavy atom. The Hall–Kier alpha value is -3.49. The van der Waals surface area contributed by atoms with Gasteiger partial charge in [0.2, 0.25) is 0 Å². The van der Waals surface area contributed by atoms with Crippen LogP contribution in [0, 0.1) is 0 Å². The molecule has 1 aromatic carbocycles. The quantitative estimate of drug-likeness (QED) is 0.713. The molecule has 0 saturated heterocycles. The molecule has 2 N–H and O–H groups in total. The molecule has 9 heteroatoms. The van der Waals surface area contributed by atoms with Crippen LogP contribution in [0.25, 0.3) is 11.2 Å². The molecule has 9 nitrogen and oxygen atoms in total. The van der Waals surface area contributed by atoms with Crippen LogP contribution in [-0.4, -0.2) is 44.0 Å². The van der Waals surface area contributed by atoms with E-state index in [-0.39, 0.29) is 12.7 Å². The second kappa shape index (κ2) is 6.19. The number of nitrogens with zero attached hydrogens (tertiary/aromatic N) is 5. The standard InChI is InChI=1S/C16H14N6O3/c17-14-13-15(19-8-18-14)22(9-20-13)12-6-11(25-21-12)7-24-16(23)10-4-2-1-3-5-10/h1-5,8-9,11H,6-7H2,(H2,17,18,19). The number of fused-ring (bicyclic) bond motifs is 1. The lowest BCUT2D eigenvalue weighted by molar-refractivity contribution is 0.00686. The van der Waals surface area contributed by atoms with Crippen molar-refractivity contribution in [2.24, 2.45) is 5.16 Å². The molecule has 1 aliphatic rings. The van der Waals surface area contributed by atoms with Gasteiger partial charge in [0.25, 0.3) is 0 Å². The van der Waals surface area contributed by atoms with Gasteiger partial charge < -0.3 is 15.3 Å². The smallest absolute Gasteiger partial charge is 0.338 e.